The number of aromatic nitrogens is 2. The Morgan fingerprint density at radius 2 is 1.67 bits per heavy atom. The second kappa shape index (κ2) is 4.06. The largest absolute Gasteiger partial charge is 0.339 e. The van der Waals surface area contributed by atoms with Gasteiger partial charge in [0.25, 0.3) is 5.56 Å². The molecule has 4 aromatic rings. The van der Waals surface area contributed by atoms with Gasteiger partial charge in [-0.05, 0) is 25.1 Å². The summed E-state index contributed by atoms with van der Waals surface area (Å²) < 4.78 is 1.59. The van der Waals surface area contributed by atoms with Crippen molar-refractivity contribution in [1.29, 1.82) is 0 Å². The Morgan fingerprint density at radius 1 is 1.00 bits per heavy atom. The molecule has 102 valence electrons. The molecule has 0 amide bonds. The van der Waals surface area contributed by atoms with Crippen molar-refractivity contribution >= 4 is 33.2 Å². The normalized spacial score (nSPS) is 11.5. The molecule has 0 radical (unpaired) electrons. The minimum Gasteiger partial charge on any atom is -0.339 e. The standard InChI is InChI=1S/C17H12N2O2/c1-10(20)15-11-6-2-3-7-12(11)17(21)19-14-9-5-4-8-13(14)18-16(15)19/h2-9,18H,1H3. The zero-order valence-corrected chi connectivity index (χ0v) is 11.4. The van der Waals surface area contributed by atoms with E-state index in [2.05, 4.69) is 4.98 Å². The third-order valence-electron chi connectivity index (χ3n) is 3.84. The van der Waals surface area contributed by atoms with E-state index in [-0.39, 0.29) is 11.3 Å². The lowest BCUT2D eigenvalue weighted by molar-refractivity contribution is 0.102. The molecule has 4 nitrogen and oxygen atoms in total. The number of carbonyl (C=O) groups is 1. The number of carbonyl (C=O) groups excluding carboxylic acids is 1. The van der Waals surface area contributed by atoms with Gasteiger partial charge in [-0.25, -0.2) is 0 Å². The van der Waals surface area contributed by atoms with E-state index in [1.165, 1.54) is 6.92 Å². The van der Waals surface area contributed by atoms with Gasteiger partial charge in [-0.15, -0.1) is 0 Å². The zero-order chi connectivity index (χ0) is 14.6. The van der Waals surface area contributed by atoms with Crippen LogP contribution in [0.5, 0.6) is 0 Å². The number of nitrogens with one attached hydrogen (secondary N) is 1. The van der Waals surface area contributed by atoms with Crippen LogP contribution >= 0.6 is 0 Å². The van der Waals surface area contributed by atoms with Crippen molar-refractivity contribution in [3.63, 3.8) is 0 Å². The van der Waals surface area contributed by atoms with E-state index in [0.29, 0.717) is 22.0 Å². The van der Waals surface area contributed by atoms with E-state index in [4.69, 9.17) is 0 Å². The molecule has 0 atom stereocenters. The van der Waals surface area contributed by atoms with Crippen LogP contribution in [0.25, 0.3) is 27.5 Å². The number of H-pyrrole nitrogens is 1. The van der Waals surface area contributed by atoms with Crippen molar-refractivity contribution in [3.05, 3.63) is 64.4 Å². The van der Waals surface area contributed by atoms with Gasteiger partial charge < -0.3 is 4.98 Å². The molecule has 0 saturated heterocycles. The molecule has 21 heavy (non-hydrogen) atoms. The van der Waals surface area contributed by atoms with Gasteiger partial charge in [0.2, 0.25) is 0 Å². The van der Waals surface area contributed by atoms with Crippen molar-refractivity contribution in [3.8, 4) is 0 Å². The fourth-order valence-corrected chi connectivity index (χ4v) is 2.96. The molecular formula is C17H12N2O2. The predicted molar refractivity (Wildman–Crippen MR) is 83.0 cm³/mol. The summed E-state index contributed by atoms with van der Waals surface area (Å²) in [5, 5.41) is 1.26. The quantitative estimate of drug-likeness (QED) is 0.543. The van der Waals surface area contributed by atoms with Gasteiger partial charge in [-0.2, -0.15) is 0 Å². The van der Waals surface area contributed by atoms with Gasteiger partial charge in [0, 0.05) is 10.8 Å². The first-order valence-electron chi connectivity index (χ1n) is 6.73. The minimum atomic E-state index is -0.108. The zero-order valence-electron chi connectivity index (χ0n) is 11.4. The highest BCUT2D eigenvalue weighted by molar-refractivity contribution is 6.12. The smallest absolute Gasteiger partial charge is 0.264 e. The van der Waals surface area contributed by atoms with E-state index >= 15 is 0 Å². The third kappa shape index (κ3) is 1.50. The summed E-state index contributed by atoms with van der Waals surface area (Å²) in [7, 11) is 0. The van der Waals surface area contributed by atoms with Crippen LogP contribution in [0.4, 0.5) is 0 Å². The lowest BCUT2D eigenvalue weighted by Crippen LogP contribution is -2.16. The molecule has 2 aromatic carbocycles. The maximum absolute atomic E-state index is 12.8. The van der Waals surface area contributed by atoms with Crippen molar-refractivity contribution in [2.45, 2.75) is 6.92 Å². The number of imidazole rings is 1. The molecule has 0 spiro atoms. The summed E-state index contributed by atoms with van der Waals surface area (Å²) in [6.07, 6.45) is 0. The van der Waals surface area contributed by atoms with E-state index in [1.54, 1.807) is 10.5 Å². The second-order valence-electron chi connectivity index (χ2n) is 5.11. The molecule has 2 aromatic heterocycles. The first kappa shape index (κ1) is 11.9. The Labute approximate surface area is 119 Å². The third-order valence-corrected chi connectivity index (χ3v) is 3.84. The Morgan fingerprint density at radius 3 is 2.43 bits per heavy atom. The van der Waals surface area contributed by atoms with Gasteiger partial charge in [0.05, 0.1) is 16.6 Å². The highest BCUT2D eigenvalue weighted by Crippen LogP contribution is 2.24. The Bertz CT molecular complexity index is 1090. The van der Waals surface area contributed by atoms with E-state index < -0.39 is 0 Å². The number of benzene rings is 2. The summed E-state index contributed by atoms with van der Waals surface area (Å²) >= 11 is 0. The molecule has 0 unspecified atom stereocenters. The maximum Gasteiger partial charge on any atom is 0.264 e. The van der Waals surface area contributed by atoms with Gasteiger partial charge in [-0.3, -0.25) is 14.0 Å². The lowest BCUT2D eigenvalue weighted by atomic mass is 10.0. The number of hydrogen-bond acceptors (Lipinski definition) is 2. The SMILES string of the molecule is CC(=O)c1c2ccccc2c(=O)n2c1[nH]c1ccccc12. The van der Waals surface area contributed by atoms with Gasteiger partial charge in [-0.1, -0.05) is 30.3 Å². The molecule has 0 saturated carbocycles. The average Bonchev–Trinajstić information content (AvgIpc) is 2.86. The van der Waals surface area contributed by atoms with E-state index in [9.17, 15) is 9.59 Å². The van der Waals surface area contributed by atoms with E-state index in [1.807, 2.05) is 42.5 Å². The summed E-state index contributed by atoms with van der Waals surface area (Å²) in [6, 6.07) is 14.8. The number of nitrogens with zero attached hydrogens (tertiary/aromatic N) is 1. The van der Waals surface area contributed by atoms with Crippen LogP contribution in [-0.2, 0) is 0 Å². The number of aromatic amines is 1. The van der Waals surface area contributed by atoms with Crippen LogP contribution in [0.2, 0.25) is 0 Å². The van der Waals surface area contributed by atoms with Crippen LogP contribution in [0.1, 0.15) is 17.3 Å². The summed E-state index contributed by atoms with van der Waals surface area (Å²) in [4.78, 5) is 28.1. The molecule has 0 bridgehead atoms. The van der Waals surface area contributed by atoms with Crippen molar-refractivity contribution in [2.24, 2.45) is 0 Å². The second-order valence-corrected chi connectivity index (χ2v) is 5.11. The average molecular weight is 276 g/mol. The molecule has 0 aliphatic carbocycles. The Balaban J connectivity index is 2.43. The van der Waals surface area contributed by atoms with E-state index in [0.717, 1.165) is 11.0 Å². The molecule has 4 heteroatoms. The Hall–Kier alpha value is -2.88. The number of hydrogen-bond donors (Lipinski definition) is 1. The number of para-hydroxylation sites is 2. The number of ketones is 1. The molecular weight excluding hydrogens is 264 g/mol. The number of pyridine rings is 1. The van der Waals surface area contributed by atoms with Gasteiger partial charge in [0.1, 0.15) is 5.65 Å². The Kier molecular flexibility index (Phi) is 2.30. The van der Waals surface area contributed by atoms with Crippen LogP contribution in [0.3, 0.4) is 0 Å². The van der Waals surface area contributed by atoms with Gasteiger partial charge in [0.15, 0.2) is 5.78 Å². The fraction of sp³-hybridized carbons (Fsp3) is 0.0588. The van der Waals surface area contributed by atoms with Crippen molar-refractivity contribution < 1.29 is 4.79 Å². The fourth-order valence-electron chi connectivity index (χ4n) is 2.96. The molecule has 4 rings (SSSR count). The first-order chi connectivity index (χ1) is 10.2. The number of rotatable bonds is 1. The first-order valence-corrected chi connectivity index (χ1v) is 6.73. The van der Waals surface area contributed by atoms with Crippen molar-refractivity contribution in [1.82, 2.24) is 9.38 Å². The highest BCUT2D eigenvalue weighted by Gasteiger charge is 2.17. The predicted octanol–water partition coefficient (Wildman–Crippen LogP) is 3.14. The number of Topliss-reactive ketones (excluding diaryl/α,β-unsaturated/α-hetero) is 1. The lowest BCUT2D eigenvalue weighted by Gasteiger charge is -2.06. The monoisotopic (exact) mass is 276 g/mol. The topological polar surface area (TPSA) is 54.3 Å². The van der Waals surface area contributed by atoms with Crippen LogP contribution < -0.4 is 5.56 Å². The van der Waals surface area contributed by atoms with Crippen LogP contribution in [0, 0.1) is 0 Å². The van der Waals surface area contributed by atoms with Gasteiger partial charge >= 0.3 is 0 Å². The van der Waals surface area contributed by atoms with Crippen LogP contribution in [0.15, 0.2) is 53.3 Å². The highest BCUT2D eigenvalue weighted by atomic mass is 16.1. The summed E-state index contributed by atoms with van der Waals surface area (Å²) in [5.41, 5.74) is 2.63. The number of fused-ring (bicyclic) bond motifs is 4. The molecule has 1 N–H and O–H groups in total. The van der Waals surface area contributed by atoms with Crippen molar-refractivity contribution in [2.75, 3.05) is 0 Å². The molecule has 0 aliphatic heterocycles. The molecule has 2 heterocycles. The summed E-state index contributed by atoms with van der Waals surface area (Å²) in [6.45, 7) is 1.53. The molecule has 0 fully saturated rings. The molecule has 0 aliphatic rings. The minimum absolute atomic E-state index is 0.0599. The summed E-state index contributed by atoms with van der Waals surface area (Å²) in [5.74, 6) is -0.0599. The van der Waals surface area contributed by atoms with Crippen LogP contribution in [-0.4, -0.2) is 15.2 Å². The maximum atomic E-state index is 12.8.